The molecule has 0 amide bonds. The van der Waals surface area contributed by atoms with Crippen LogP contribution in [0.1, 0.15) is 0 Å². The minimum Gasteiger partial charge on any atom is -0.456 e. The summed E-state index contributed by atoms with van der Waals surface area (Å²) in [6.07, 6.45) is 0. The number of benzene rings is 10. The van der Waals surface area contributed by atoms with E-state index in [-0.39, 0.29) is 0 Å². The zero-order chi connectivity index (χ0) is 38.9. The predicted octanol–water partition coefficient (Wildman–Crippen LogP) is 15.2. The Labute approximate surface area is 341 Å². The molecule has 0 N–H and O–H groups in total. The van der Waals surface area contributed by atoms with Gasteiger partial charge in [0, 0.05) is 27.6 Å². The Morgan fingerprint density at radius 3 is 1.80 bits per heavy atom. The molecule has 0 radical (unpaired) electrons. The molecule has 1 aliphatic rings. The lowest BCUT2D eigenvalue weighted by Crippen LogP contribution is -1.99. The molecule has 12 rings (SSSR count). The molecule has 0 saturated carbocycles. The van der Waals surface area contributed by atoms with Crippen LogP contribution in [-0.4, -0.2) is 9.97 Å². The van der Waals surface area contributed by atoms with Crippen LogP contribution in [0.15, 0.2) is 206 Å². The molecule has 1 aromatic heterocycles. The summed E-state index contributed by atoms with van der Waals surface area (Å²) in [5.41, 5.74) is 11.5. The number of nitrogens with zero attached hydrogens (tertiary/aromatic N) is 2. The van der Waals surface area contributed by atoms with Gasteiger partial charge >= 0.3 is 0 Å². The second-order valence-electron chi connectivity index (χ2n) is 15.3. The third-order valence-electron chi connectivity index (χ3n) is 11.9. The number of hydrogen-bond acceptors (Lipinski definition) is 3. The molecule has 0 spiro atoms. The van der Waals surface area contributed by atoms with Crippen molar-refractivity contribution in [3.8, 4) is 78.8 Å². The van der Waals surface area contributed by atoms with Gasteiger partial charge in [0.2, 0.25) is 0 Å². The molecule has 0 fully saturated rings. The molecule has 0 atom stereocenters. The highest BCUT2D eigenvalue weighted by atomic mass is 16.5. The van der Waals surface area contributed by atoms with Crippen molar-refractivity contribution in [1.82, 2.24) is 9.97 Å². The van der Waals surface area contributed by atoms with Gasteiger partial charge in [-0.15, -0.1) is 0 Å². The van der Waals surface area contributed by atoms with Crippen LogP contribution < -0.4 is 4.74 Å². The second kappa shape index (κ2) is 13.4. The molecule has 3 nitrogen and oxygen atoms in total. The van der Waals surface area contributed by atoms with E-state index in [0.717, 1.165) is 72.6 Å². The van der Waals surface area contributed by atoms with E-state index >= 15 is 0 Å². The summed E-state index contributed by atoms with van der Waals surface area (Å²) in [6, 6.07) is 73.3. The number of fused-ring (bicyclic) bond motifs is 6. The van der Waals surface area contributed by atoms with Crippen LogP contribution in [0.4, 0.5) is 0 Å². The van der Waals surface area contributed by atoms with E-state index in [0.29, 0.717) is 5.82 Å². The van der Waals surface area contributed by atoms with Gasteiger partial charge in [-0.05, 0) is 102 Å². The highest BCUT2D eigenvalue weighted by Crippen LogP contribution is 2.48. The molecule has 0 aliphatic carbocycles. The minimum absolute atomic E-state index is 0.675. The summed E-state index contributed by atoms with van der Waals surface area (Å²) in [6.45, 7) is 0. The molecular weight excluding hydrogens is 717 g/mol. The van der Waals surface area contributed by atoms with E-state index in [1.165, 1.54) is 43.4 Å². The average molecular weight is 751 g/mol. The normalized spacial score (nSPS) is 11.9. The Kier molecular flexibility index (Phi) is 7.54. The summed E-state index contributed by atoms with van der Waals surface area (Å²) in [5.74, 6) is 2.40. The van der Waals surface area contributed by atoms with Crippen molar-refractivity contribution in [2.24, 2.45) is 0 Å². The van der Waals surface area contributed by atoms with E-state index in [1.54, 1.807) is 0 Å². The zero-order valence-corrected chi connectivity index (χ0v) is 31.9. The van der Waals surface area contributed by atoms with Crippen LogP contribution >= 0.6 is 0 Å². The Balaban J connectivity index is 1.03. The standard InChI is InChI=1S/C56H34N2O/c1-2-12-35(13-3-1)42-18-8-9-21-47(42)56-57-50(34-51(58-56)41-29-31-52-49(33-41)45-22-10-16-38-17-11-23-53(59-52)55(38)45)37-24-26-39(27-25-37)54-44-20-7-5-15-40(44)32-48-43-19-6-4-14-36(43)28-30-46(48)54/h1-34H. The van der Waals surface area contributed by atoms with E-state index in [4.69, 9.17) is 14.7 Å². The fourth-order valence-electron chi connectivity index (χ4n) is 9.07. The fourth-order valence-corrected chi connectivity index (χ4v) is 9.07. The van der Waals surface area contributed by atoms with Gasteiger partial charge in [0.1, 0.15) is 11.5 Å². The quantitative estimate of drug-likeness (QED) is 0.130. The molecule has 11 aromatic rings. The molecule has 0 bridgehead atoms. The number of ether oxygens (including phenoxy) is 1. The van der Waals surface area contributed by atoms with E-state index in [9.17, 15) is 0 Å². The number of hydrogen-bond donors (Lipinski definition) is 0. The van der Waals surface area contributed by atoms with Crippen molar-refractivity contribution in [3.63, 3.8) is 0 Å². The number of aromatic nitrogens is 2. The fraction of sp³-hybridized carbons (Fsp3) is 0. The van der Waals surface area contributed by atoms with Crippen molar-refractivity contribution >= 4 is 43.1 Å². The van der Waals surface area contributed by atoms with Crippen LogP contribution in [0, 0.1) is 0 Å². The summed E-state index contributed by atoms with van der Waals surface area (Å²) >= 11 is 0. The average Bonchev–Trinajstić information content (AvgIpc) is 3.31. The maximum atomic E-state index is 6.48. The Morgan fingerprint density at radius 2 is 0.949 bits per heavy atom. The second-order valence-corrected chi connectivity index (χ2v) is 15.3. The van der Waals surface area contributed by atoms with Gasteiger partial charge in [-0.1, -0.05) is 170 Å². The van der Waals surface area contributed by atoms with Crippen LogP contribution in [0.5, 0.6) is 11.5 Å². The van der Waals surface area contributed by atoms with Crippen molar-refractivity contribution in [1.29, 1.82) is 0 Å². The minimum atomic E-state index is 0.675. The first kappa shape index (κ1) is 33.3. The predicted molar refractivity (Wildman–Crippen MR) is 245 cm³/mol. The van der Waals surface area contributed by atoms with Crippen molar-refractivity contribution in [2.75, 3.05) is 0 Å². The van der Waals surface area contributed by atoms with Crippen molar-refractivity contribution in [3.05, 3.63) is 206 Å². The van der Waals surface area contributed by atoms with Crippen LogP contribution in [-0.2, 0) is 0 Å². The largest absolute Gasteiger partial charge is 0.456 e. The monoisotopic (exact) mass is 750 g/mol. The molecule has 0 saturated heterocycles. The summed E-state index contributed by atoms with van der Waals surface area (Å²) < 4.78 is 6.48. The lowest BCUT2D eigenvalue weighted by Gasteiger charge is -2.22. The van der Waals surface area contributed by atoms with Gasteiger partial charge < -0.3 is 4.74 Å². The first-order chi connectivity index (χ1) is 29.2. The lowest BCUT2D eigenvalue weighted by atomic mass is 9.89. The number of rotatable bonds is 5. The van der Waals surface area contributed by atoms with Crippen LogP contribution in [0.3, 0.4) is 0 Å². The highest BCUT2D eigenvalue weighted by Gasteiger charge is 2.22. The molecule has 2 heterocycles. The summed E-state index contributed by atoms with van der Waals surface area (Å²) in [4.78, 5) is 10.7. The topological polar surface area (TPSA) is 35.0 Å². The van der Waals surface area contributed by atoms with Gasteiger partial charge in [-0.25, -0.2) is 9.97 Å². The summed E-state index contributed by atoms with van der Waals surface area (Å²) in [5, 5.41) is 9.78. The van der Waals surface area contributed by atoms with Gasteiger partial charge in [0.25, 0.3) is 0 Å². The molecule has 0 unspecified atom stereocenters. The van der Waals surface area contributed by atoms with E-state index in [2.05, 4.69) is 194 Å². The van der Waals surface area contributed by atoms with Gasteiger partial charge in [-0.3, -0.25) is 0 Å². The van der Waals surface area contributed by atoms with Crippen molar-refractivity contribution in [2.45, 2.75) is 0 Å². The third kappa shape index (κ3) is 5.51. The first-order valence-electron chi connectivity index (χ1n) is 20.1. The first-order valence-corrected chi connectivity index (χ1v) is 20.1. The molecule has 59 heavy (non-hydrogen) atoms. The summed E-state index contributed by atoms with van der Waals surface area (Å²) in [7, 11) is 0. The van der Waals surface area contributed by atoms with Gasteiger partial charge in [-0.2, -0.15) is 0 Å². The van der Waals surface area contributed by atoms with Gasteiger partial charge in [0.05, 0.1) is 11.4 Å². The zero-order valence-electron chi connectivity index (χ0n) is 31.9. The Hall–Kier alpha value is -7.88. The highest BCUT2D eigenvalue weighted by molar-refractivity contribution is 6.20. The van der Waals surface area contributed by atoms with E-state index in [1.807, 2.05) is 12.1 Å². The molecule has 3 heteroatoms. The molecule has 1 aliphatic heterocycles. The van der Waals surface area contributed by atoms with Crippen molar-refractivity contribution < 1.29 is 4.74 Å². The third-order valence-corrected chi connectivity index (χ3v) is 11.9. The molecular formula is C56H34N2O. The Bertz CT molecular complexity index is 3460. The Morgan fingerprint density at radius 1 is 0.305 bits per heavy atom. The maximum absolute atomic E-state index is 6.48. The van der Waals surface area contributed by atoms with Crippen LogP contribution in [0.25, 0.3) is 110 Å². The van der Waals surface area contributed by atoms with Gasteiger partial charge in [0.15, 0.2) is 5.82 Å². The van der Waals surface area contributed by atoms with Crippen LogP contribution in [0.2, 0.25) is 0 Å². The maximum Gasteiger partial charge on any atom is 0.161 e. The smallest absolute Gasteiger partial charge is 0.161 e. The van der Waals surface area contributed by atoms with E-state index < -0.39 is 0 Å². The lowest BCUT2D eigenvalue weighted by molar-refractivity contribution is 0.487. The molecule has 10 aromatic carbocycles. The molecule has 274 valence electrons. The SMILES string of the molecule is c1ccc(-c2ccccc2-c2nc(-c3ccc(-c4c5ccccc5cc5c4ccc4ccccc45)cc3)cc(-c3ccc4c(c3)-c3cccc5cccc(c35)O4)n2)cc1.